The molecule has 12 heavy (non-hydrogen) atoms. The SMILES string of the molecule is O=CC1CCc2cccc(=O)n21. The molecule has 2 heterocycles. The van der Waals surface area contributed by atoms with Gasteiger partial charge in [0, 0.05) is 11.8 Å². The summed E-state index contributed by atoms with van der Waals surface area (Å²) in [5.74, 6) is 0. The number of pyridine rings is 1. The molecule has 0 aliphatic carbocycles. The van der Waals surface area contributed by atoms with E-state index < -0.39 is 0 Å². The highest BCUT2D eigenvalue weighted by Gasteiger charge is 2.21. The lowest BCUT2D eigenvalue weighted by atomic mass is 10.2. The Morgan fingerprint density at radius 1 is 1.50 bits per heavy atom. The van der Waals surface area contributed by atoms with Crippen LogP contribution in [-0.2, 0) is 11.2 Å². The second-order valence-corrected chi connectivity index (χ2v) is 2.97. The molecule has 1 unspecified atom stereocenters. The second-order valence-electron chi connectivity index (χ2n) is 2.97. The van der Waals surface area contributed by atoms with Gasteiger partial charge in [-0.25, -0.2) is 0 Å². The highest BCUT2D eigenvalue weighted by Crippen LogP contribution is 2.20. The lowest BCUT2D eigenvalue weighted by Gasteiger charge is -2.05. The molecule has 2 rings (SSSR count). The largest absolute Gasteiger partial charge is 0.302 e. The molecule has 0 amide bonds. The fraction of sp³-hybridized carbons (Fsp3) is 0.333. The van der Waals surface area contributed by atoms with Crippen LogP contribution in [0.15, 0.2) is 23.0 Å². The molecule has 0 aromatic carbocycles. The Labute approximate surface area is 69.6 Å². The van der Waals surface area contributed by atoms with Gasteiger partial charge in [0.05, 0.1) is 6.04 Å². The van der Waals surface area contributed by atoms with Crippen molar-refractivity contribution >= 4 is 6.29 Å². The van der Waals surface area contributed by atoms with E-state index in [1.807, 2.05) is 6.07 Å². The van der Waals surface area contributed by atoms with Crippen molar-refractivity contribution in [2.45, 2.75) is 18.9 Å². The molecule has 0 fully saturated rings. The number of aldehydes is 1. The number of carbonyl (C=O) groups is 1. The maximum atomic E-state index is 11.3. The minimum atomic E-state index is -0.228. The molecule has 0 saturated carbocycles. The third-order valence-corrected chi connectivity index (χ3v) is 2.26. The molecule has 3 nitrogen and oxygen atoms in total. The highest BCUT2D eigenvalue weighted by molar-refractivity contribution is 5.57. The van der Waals surface area contributed by atoms with Crippen LogP contribution in [0.4, 0.5) is 0 Å². The Morgan fingerprint density at radius 3 is 3.08 bits per heavy atom. The van der Waals surface area contributed by atoms with Crippen LogP contribution < -0.4 is 5.56 Å². The Bertz CT molecular complexity index is 367. The van der Waals surface area contributed by atoms with E-state index in [0.717, 1.165) is 24.8 Å². The third kappa shape index (κ3) is 0.897. The van der Waals surface area contributed by atoms with Crippen molar-refractivity contribution in [3.8, 4) is 0 Å². The van der Waals surface area contributed by atoms with Gasteiger partial charge in [0.15, 0.2) is 0 Å². The van der Waals surface area contributed by atoms with E-state index >= 15 is 0 Å². The number of fused-ring (bicyclic) bond motifs is 1. The molecule has 0 N–H and O–H groups in total. The summed E-state index contributed by atoms with van der Waals surface area (Å²) in [7, 11) is 0. The van der Waals surface area contributed by atoms with E-state index in [9.17, 15) is 9.59 Å². The van der Waals surface area contributed by atoms with Crippen molar-refractivity contribution in [2.24, 2.45) is 0 Å². The number of nitrogens with zero attached hydrogens (tertiary/aromatic N) is 1. The number of hydrogen-bond acceptors (Lipinski definition) is 2. The topological polar surface area (TPSA) is 39.1 Å². The fourth-order valence-electron chi connectivity index (χ4n) is 1.68. The predicted octanol–water partition coefficient (Wildman–Crippen LogP) is 0.534. The van der Waals surface area contributed by atoms with Gasteiger partial charge in [-0.1, -0.05) is 6.07 Å². The fourth-order valence-corrected chi connectivity index (χ4v) is 1.68. The average Bonchev–Trinajstić information content (AvgIpc) is 2.49. The molecule has 1 aliphatic rings. The lowest BCUT2D eigenvalue weighted by Crippen LogP contribution is -2.22. The van der Waals surface area contributed by atoms with Crippen LogP contribution in [0.2, 0.25) is 0 Å². The summed E-state index contributed by atoms with van der Waals surface area (Å²) in [6, 6.07) is 4.89. The van der Waals surface area contributed by atoms with Crippen LogP contribution >= 0.6 is 0 Å². The zero-order valence-corrected chi connectivity index (χ0v) is 6.56. The molecule has 1 aliphatic heterocycles. The van der Waals surface area contributed by atoms with Crippen molar-refractivity contribution in [1.29, 1.82) is 0 Å². The molecular formula is C9H9NO2. The molecule has 1 aromatic rings. The number of carbonyl (C=O) groups excluding carboxylic acids is 1. The molecule has 62 valence electrons. The highest BCUT2D eigenvalue weighted by atomic mass is 16.1. The van der Waals surface area contributed by atoms with E-state index in [0.29, 0.717) is 0 Å². The van der Waals surface area contributed by atoms with Gasteiger partial charge in [0.1, 0.15) is 6.29 Å². The molecule has 0 bridgehead atoms. The third-order valence-electron chi connectivity index (χ3n) is 2.26. The van der Waals surface area contributed by atoms with Gasteiger partial charge >= 0.3 is 0 Å². The first-order chi connectivity index (χ1) is 5.83. The van der Waals surface area contributed by atoms with E-state index in [1.54, 1.807) is 10.6 Å². The van der Waals surface area contributed by atoms with E-state index in [2.05, 4.69) is 0 Å². The van der Waals surface area contributed by atoms with Crippen molar-refractivity contribution in [2.75, 3.05) is 0 Å². The van der Waals surface area contributed by atoms with Crippen molar-refractivity contribution in [3.63, 3.8) is 0 Å². The Balaban J connectivity index is 2.63. The van der Waals surface area contributed by atoms with Gasteiger partial charge in [-0.2, -0.15) is 0 Å². The van der Waals surface area contributed by atoms with Gasteiger partial charge in [-0.15, -0.1) is 0 Å². The van der Waals surface area contributed by atoms with Crippen LogP contribution in [0.5, 0.6) is 0 Å². The van der Waals surface area contributed by atoms with Crippen molar-refractivity contribution < 1.29 is 4.79 Å². The van der Waals surface area contributed by atoms with Gasteiger partial charge in [-0.3, -0.25) is 4.79 Å². The van der Waals surface area contributed by atoms with Crippen LogP contribution in [0, 0.1) is 0 Å². The zero-order chi connectivity index (χ0) is 8.55. The summed E-state index contributed by atoms with van der Waals surface area (Å²) in [5.41, 5.74) is 0.904. The van der Waals surface area contributed by atoms with Crippen molar-refractivity contribution in [1.82, 2.24) is 4.57 Å². The normalized spacial score (nSPS) is 20.5. The molecule has 1 atom stereocenters. The van der Waals surface area contributed by atoms with Gasteiger partial charge in [0.2, 0.25) is 0 Å². The smallest absolute Gasteiger partial charge is 0.251 e. The Kier molecular flexibility index (Phi) is 1.57. The lowest BCUT2D eigenvalue weighted by molar-refractivity contribution is -0.110. The predicted molar refractivity (Wildman–Crippen MR) is 44.1 cm³/mol. The minimum absolute atomic E-state index is 0.0675. The quantitative estimate of drug-likeness (QED) is 0.566. The standard InChI is InChI=1S/C9H9NO2/c11-6-8-5-4-7-2-1-3-9(12)10(7)8/h1-3,6,8H,4-5H2. The minimum Gasteiger partial charge on any atom is -0.302 e. The summed E-state index contributed by atoms with van der Waals surface area (Å²) in [5, 5.41) is 0. The summed E-state index contributed by atoms with van der Waals surface area (Å²) < 4.78 is 1.58. The number of aryl methyl sites for hydroxylation is 1. The van der Waals surface area contributed by atoms with Gasteiger partial charge in [-0.05, 0) is 18.9 Å². The summed E-state index contributed by atoms with van der Waals surface area (Å²) >= 11 is 0. The average molecular weight is 163 g/mol. The second kappa shape index (κ2) is 2.59. The molecule has 0 spiro atoms. The summed E-state index contributed by atoms with van der Waals surface area (Å²) in [6.07, 6.45) is 2.44. The number of aromatic nitrogens is 1. The van der Waals surface area contributed by atoms with E-state index in [1.165, 1.54) is 6.07 Å². The summed E-state index contributed by atoms with van der Waals surface area (Å²) in [4.78, 5) is 21.8. The van der Waals surface area contributed by atoms with Crippen molar-refractivity contribution in [3.05, 3.63) is 34.2 Å². The van der Waals surface area contributed by atoms with Gasteiger partial charge in [0.25, 0.3) is 5.56 Å². The van der Waals surface area contributed by atoms with Crippen LogP contribution in [0.3, 0.4) is 0 Å². The zero-order valence-electron chi connectivity index (χ0n) is 6.56. The van der Waals surface area contributed by atoms with E-state index in [-0.39, 0.29) is 11.6 Å². The first-order valence-electron chi connectivity index (χ1n) is 3.98. The monoisotopic (exact) mass is 163 g/mol. The number of hydrogen-bond donors (Lipinski definition) is 0. The van der Waals surface area contributed by atoms with E-state index in [4.69, 9.17) is 0 Å². The molecule has 3 heteroatoms. The maximum absolute atomic E-state index is 11.3. The first-order valence-corrected chi connectivity index (χ1v) is 3.98. The summed E-state index contributed by atoms with van der Waals surface area (Å²) in [6.45, 7) is 0. The Morgan fingerprint density at radius 2 is 2.33 bits per heavy atom. The van der Waals surface area contributed by atoms with Gasteiger partial charge < -0.3 is 9.36 Å². The van der Waals surface area contributed by atoms with Crippen LogP contribution in [-0.4, -0.2) is 10.9 Å². The molecule has 0 radical (unpaired) electrons. The number of rotatable bonds is 1. The Hall–Kier alpha value is -1.38. The molecular weight excluding hydrogens is 154 g/mol. The van der Waals surface area contributed by atoms with Crippen LogP contribution in [0.25, 0.3) is 0 Å². The maximum Gasteiger partial charge on any atom is 0.251 e. The molecule has 1 aromatic heterocycles. The molecule has 0 saturated heterocycles. The van der Waals surface area contributed by atoms with Crippen LogP contribution in [0.1, 0.15) is 18.2 Å². The first kappa shape index (κ1) is 7.28.